The molecule has 1 aliphatic heterocycles. The predicted octanol–water partition coefficient (Wildman–Crippen LogP) is 0.689. The van der Waals surface area contributed by atoms with Gasteiger partial charge in [0.2, 0.25) is 5.91 Å². The van der Waals surface area contributed by atoms with E-state index in [2.05, 4.69) is 15.4 Å². The van der Waals surface area contributed by atoms with Gasteiger partial charge in [-0.25, -0.2) is 0 Å². The second-order valence-electron chi connectivity index (χ2n) is 6.78. The van der Waals surface area contributed by atoms with Gasteiger partial charge in [0.25, 0.3) is 11.8 Å². The van der Waals surface area contributed by atoms with Crippen molar-refractivity contribution in [2.24, 2.45) is 11.7 Å². The molecule has 1 fully saturated rings. The van der Waals surface area contributed by atoms with Gasteiger partial charge in [-0.3, -0.25) is 19.7 Å². The number of nitrogens with one attached hydrogen (secondary N) is 2. The Morgan fingerprint density at radius 2 is 2.07 bits per heavy atom. The van der Waals surface area contributed by atoms with Crippen LogP contribution in [0.3, 0.4) is 0 Å². The number of nitrogens with zero attached hydrogens (tertiary/aromatic N) is 1. The van der Waals surface area contributed by atoms with Crippen LogP contribution in [-0.2, 0) is 19.1 Å². The molecule has 1 saturated heterocycles. The fourth-order valence-corrected chi connectivity index (χ4v) is 2.65. The van der Waals surface area contributed by atoms with E-state index in [1.807, 2.05) is 13.8 Å². The van der Waals surface area contributed by atoms with Crippen molar-refractivity contribution >= 4 is 29.1 Å². The lowest BCUT2D eigenvalue weighted by Gasteiger charge is -2.27. The molecule has 0 aliphatic carbocycles. The molecule has 0 aromatic heterocycles. The van der Waals surface area contributed by atoms with Crippen molar-refractivity contribution in [2.45, 2.75) is 26.5 Å². The Labute approximate surface area is 166 Å². The molecular formula is C18H24F2N4O5. The zero-order valence-electron chi connectivity index (χ0n) is 16.1. The fraction of sp³-hybridized carbons (Fsp3) is 0.500. The molecule has 1 aliphatic rings. The largest absolute Gasteiger partial charge is 0.433 e. The Morgan fingerprint density at radius 3 is 2.66 bits per heavy atom. The third kappa shape index (κ3) is 6.36. The number of nitrogens with two attached hydrogens (primary N) is 1. The van der Waals surface area contributed by atoms with Gasteiger partial charge in [-0.2, -0.15) is 8.78 Å². The summed E-state index contributed by atoms with van der Waals surface area (Å²) >= 11 is 0. The molecule has 0 radical (unpaired) electrons. The molecule has 3 amide bonds. The third-order valence-corrected chi connectivity index (χ3v) is 4.01. The number of amides is 3. The van der Waals surface area contributed by atoms with Crippen LogP contribution < -0.4 is 26.0 Å². The standard InChI is InChI=1S/C18H24F2N4O5/c1-10(2)8-22-15(16(21)26)17(27)23-12-4-3-11(7-13(12)29-18(19)20)24-5-6-28-9-14(24)25/h3-4,7,10,15,18,22H,5-6,8-9H2,1-2H3,(H2,21,26)(H,23,27)/t15-/m0/s1. The van der Waals surface area contributed by atoms with Crippen LogP contribution in [0.5, 0.6) is 5.75 Å². The number of rotatable bonds is 9. The number of alkyl halides is 2. The average Bonchev–Trinajstić information content (AvgIpc) is 2.62. The first kappa shape index (κ1) is 22.5. The summed E-state index contributed by atoms with van der Waals surface area (Å²) in [6, 6.07) is 2.65. The minimum absolute atomic E-state index is 0.0858. The fourth-order valence-electron chi connectivity index (χ4n) is 2.65. The lowest BCUT2D eigenvalue weighted by atomic mass is 10.1. The number of anilines is 2. The second-order valence-corrected chi connectivity index (χ2v) is 6.78. The van der Waals surface area contributed by atoms with Crippen LogP contribution in [0.2, 0.25) is 0 Å². The summed E-state index contributed by atoms with van der Waals surface area (Å²) in [6.45, 7) is 1.38. The van der Waals surface area contributed by atoms with E-state index in [0.717, 1.165) is 0 Å². The van der Waals surface area contributed by atoms with E-state index in [4.69, 9.17) is 10.5 Å². The van der Waals surface area contributed by atoms with Crippen molar-refractivity contribution in [1.29, 1.82) is 0 Å². The van der Waals surface area contributed by atoms with Crippen molar-refractivity contribution in [3.8, 4) is 5.75 Å². The van der Waals surface area contributed by atoms with Gasteiger partial charge in [-0.05, 0) is 24.6 Å². The Bertz CT molecular complexity index is 760. The highest BCUT2D eigenvalue weighted by Crippen LogP contribution is 2.32. The summed E-state index contributed by atoms with van der Waals surface area (Å²) in [5, 5.41) is 5.10. The summed E-state index contributed by atoms with van der Waals surface area (Å²) in [5.41, 5.74) is 5.49. The molecule has 160 valence electrons. The minimum Gasteiger partial charge on any atom is -0.433 e. The maximum atomic E-state index is 12.9. The number of morpholine rings is 1. The highest BCUT2D eigenvalue weighted by Gasteiger charge is 2.26. The maximum absolute atomic E-state index is 12.9. The highest BCUT2D eigenvalue weighted by molar-refractivity contribution is 6.10. The van der Waals surface area contributed by atoms with Gasteiger partial charge in [-0.1, -0.05) is 13.8 Å². The SMILES string of the molecule is CC(C)CN[C@@H](C(N)=O)C(=O)Nc1ccc(N2CCOCC2=O)cc1OC(F)F. The summed E-state index contributed by atoms with van der Waals surface area (Å²) in [6.07, 6.45) is 0. The van der Waals surface area contributed by atoms with E-state index in [1.54, 1.807) is 0 Å². The molecule has 2 rings (SSSR count). The first-order valence-corrected chi connectivity index (χ1v) is 8.99. The smallest absolute Gasteiger partial charge is 0.387 e. The lowest BCUT2D eigenvalue weighted by molar-refractivity contribution is -0.128. The number of carbonyl (C=O) groups is 3. The van der Waals surface area contributed by atoms with Crippen LogP contribution in [0.25, 0.3) is 0 Å². The monoisotopic (exact) mass is 414 g/mol. The van der Waals surface area contributed by atoms with Gasteiger partial charge >= 0.3 is 6.61 Å². The van der Waals surface area contributed by atoms with Crippen molar-refractivity contribution in [2.75, 3.05) is 36.5 Å². The molecule has 1 aromatic rings. The quantitative estimate of drug-likeness (QED) is 0.511. The number of primary amides is 1. The Kier molecular flexibility index (Phi) is 7.85. The van der Waals surface area contributed by atoms with Gasteiger partial charge in [0.05, 0.1) is 12.3 Å². The van der Waals surface area contributed by atoms with Crippen molar-refractivity contribution < 1.29 is 32.6 Å². The molecule has 29 heavy (non-hydrogen) atoms. The van der Waals surface area contributed by atoms with Gasteiger partial charge in [0, 0.05) is 18.3 Å². The van der Waals surface area contributed by atoms with Crippen LogP contribution >= 0.6 is 0 Å². The normalized spacial score (nSPS) is 15.5. The number of benzene rings is 1. The molecular weight excluding hydrogens is 390 g/mol. The molecule has 1 aromatic carbocycles. The van der Waals surface area contributed by atoms with Crippen molar-refractivity contribution in [3.05, 3.63) is 18.2 Å². The van der Waals surface area contributed by atoms with E-state index in [-0.39, 0.29) is 36.4 Å². The van der Waals surface area contributed by atoms with E-state index in [1.165, 1.54) is 23.1 Å². The second kappa shape index (κ2) is 10.1. The predicted molar refractivity (Wildman–Crippen MR) is 101 cm³/mol. The van der Waals surface area contributed by atoms with Crippen LogP contribution in [0.4, 0.5) is 20.2 Å². The Morgan fingerprint density at radius 1 is 1.34 bits per heavy atom. The summed E-state index contributed by atoms with van der Waals surface area (Å²) in [5.74, 6) is -2.25. The molecule has 9 nitrogen and oxygen atoms in total. The Hall–Kier alpha value is -2.79. The zero-order valence-corrected chi connectivity index (χ0v) is 16.1. The van der Waals surface area contributed by atoms with E-state index < -0.39 is 24.5 Å². The molecule has 0 bridgehead atoms. The van der Waals surface area contributed by atoms with Crippen LogP contribution in [0, 0.1) is 5.92 Å². The Balaban J connectivity index is 2.24. The van der Waals surface area contributed by atoms with Crippen molar-refractivity contribution in [1.82, 2.24) is 5.32 Å². The molecule has 0 unspecified atom stereocenters. The highest BCUT2D eigenvalue weighted by atomic mass is 19.3. The molecule has 0 spiro atoms. The van der Waals surface area contributed by atoms with E-state index in [0.29, 0.717) is 18.8 Å². The van der Waals surface area contributed by atoms with E-state index in [9.17, 15) is 23.2 Å². The van der Waals surface area contributed by atoms with Crippen molar-refractivity contribution in [3.63, 3.8) is 0 Å². The minimum atomic E-state index is -3.16. The maximum Gasteiger partial charge on any atom is 0.387 e. The summed E-state index contributed by atoms with van der Waals surface area (Å²) in [7, 11) is 0. The average molecular weight is 414 g/mol. The van der Waals surface area contributed by atoms with E-state index >= 15 is 0 Å². The summed E-state index contributed by atoms with van der Waals surface area (Å²) in [4.78, 5) is 37.4. The van der Waals surface area contributed by atoms with Crippen LogP contribution in [-0.4, -0.2) is 56.7 Å². The topological polar surface area (TPSA) is 123 Å². The first-order valence-electron chi connectivity index (χ1n) is 8.99. The first-order chi connectivity index (χ1) is 13.7. The van der Waals surface area contributed by atoms with Gasteiger partial charge in [0.15, 0.2) is 11.8 Å². The summed E-state index contributed by atoms with van der Waals surface area (Å²) < 4.78 is 35.3. The van der Waals surface area contributed by atoms with Crippen LogP contribution in [0.1, 0.15) is 13.8 Å². The number of hydrogen-bond donors (Lipinski definition) is 3. The van der Waals surface area contributed by atoms with Gasteiger partial charge in [0.1, 0.15) is 6.61 Å². The third-order valence-electron chi connectivity index (χ3n) is 4.01. The molecule has 1 heterocycles. The molecule has 11 heteroatoms. The number of halogens is 2. The zero-order chi connectivity index (χ0) is 21.6. The number of carbonyl (C=O) groups excluding carboxylic acids is 3. The number of hydrogen-bond acceptors (Lipinski definition) is 6. The molecule has 1 atom stereocenters. The lowest BCUT2D eigenvalue weighted by Crippen LogP contribution is -2.50. The van der Waals surface area contributed by atoms with Crippen LogP contribution in [0.15, 0.2) is 18.2 Å². The molecule has 0 saturated carbocycles. The van der Waals surface area contributed by atoms with Gasteiger partial charge < -0.3 is 25.4 Å². The molecule has 4 N–H and O–H groups in total. The van der Waals surface area contributed by atoms with Gasteiger partial charge in [-0.15, -0.1) is 0 Å². The number of ether oxygens (including phenoxy) is 2.